The Balaban J connectivity index is 2.08. The molecule has 1 N–H and O–H groups in total. The second-order valence-corrected chi connectivity index (χ2v) is 5.42. The van der Waals surface area contributed by atoms with Crippen LogP contribution in [0.3, 0.4) is 0 Å². The van der Waals surface area contributed by atoms with Crippen LogP contribution in [0.2, 0.25) is 0 Å². The molecule has 0 aromatic heterocycles. The fraction of sp³-hybridized carbons (Fsp3) is 0.625. The highest BCUT2D eigenvalue weighted by Gasteiger charge is 2.37. The van der Waals surface area contributed by atoms with Gasteiger partial charge < -0.3 is 14.8 Å². The summed E-state index contributed by atoms with van der Waals surface area (Å²) >= 11 is 0. The fourth-order valence-electron chi connectivity index (χ4n) is 3.11. The highest BCUT2D eigenvalue weighted by atomic mass is 16.5. The third kappa shape index (κ3) is 3.20. The van der Waals surface area contributed by atoms with E-state index in [1.54, 1.807) is 14.2 Å². The van der Waals surface area contributed by atoms with E-state index in [0.717, 1.165) is 13.1 Å². The van der Waals surface area contributed by atoms with Crippen LogP contribution in [0.1, 0.15) is 18.5 Å². The first-order chi connectivity index (χ1) is 9.71. The molecule has 0 amide bonds. The molecule has 4 heteroatoms. The topological polar surface area (TPSA) is 33.7 Å². The molecule has 4 atom stereocenters. The predicted octanol–water partition coefficient (Wildman–Crippen LogP) is 1.68. The summed E-state index contributed by atoms with van der Waals surface area (Å²) in [5.41, 5.74) is 1.32. The maximum atomic E-state index is 5.53. The van der Waals surface area contributed by atoms with Crippen LogP contribution in [0.5, 0.6) is 0 Å². The summed E-state index contributed by atoms with van der Waals surface area (Å²) in [6.07, 6.45) is 0.325. The Hall–Kier alpha value is -0.940. The Morgan fingerprint density at radius 3 is 2.10 bits per heavy atom. The van der Waals surface area contributed by atoms with E-state index in [9.17, 15) is 0 Å². The molecule has 4 unspecified atom stereocenters. The average Bonchev–Trinajstić information content (AvgIpc) is 2.92. The minimum absolute atomic E-state index is 0.163. The van der Waals surface area contributed by atoms with Crippen LogP contribution in [0.15, 0.2) is 30.3 Å². The van der Waals surface area contributed by atoms with Gasteiger partial charge in [-0.3, -0.25) is 4.90 Å². The lowest BCUT2D eigenvalue weighted by molar-refractivity contribution is -0.00461. The second kappa shape index (κ2) is 7.18. The molecule has 1 aromatic rings. The van der Waals surface area contributed by atoms with Crippen LogP contribution >= 0.6 is 0 Å². The van der Waals surface area contributed by atoms with E-state index in [4.69, 9.17) is 9.47 Å². The molecule has 1 fully saturated rings. The number of likely N-dealkylation sites (tertiary alicyclic amines) is 1. The molecule has 0 radical (unpaired) electrons. The first kappa shape index (κ1) is 15.4. The highest BCUT2D eigenvalue weighted by molar-refractivity contribution is 5.20. The Labute approximate surface area is 122 Å². The predicted molar refractivity (Wildman–Crippen MR) is 80.9 cm³/mol. The number of nitrogens with one attached hydrogen (secondary N) is 1. The Morgan fingerprint density at radius 2 is 1.65 bits per heavy atom. The maximum Gasteiger partial charge on any atom is 0.0971 e. The van der Waals surface area contributed by atoms with Crippen molar-refractivity contribution in [3.63, 3.8) is 0 Å². The monoisotopic (exact) mass is 278 g/mol. The van der Waals surface area contributed by atoms with Gasteiger partial charge in [-0.2, -0.15) is 0 Å². The smallest absolute Gasteiger partial charge is 0.0971 e. The molecule has 112 valence electrons. The average molecular weight is 278 g/mol. The van der Waals surface area contributed by atoms with Crippen LogP contribution in [0, 0.1) is 0 Å². The Morgan fingerprint density at radius 1 is 1.10 bits per heavy atom. The summed E-state index contributed by atoms with van der Waals surface area (Å²) in [6.45, 7) is 4.10. The lowest BCUT2D eigenvalue weighted by Gasteiger charge is -2.32. The fourth-order valence-corrected chi connectivity index (χ4v) is 3.11. The number of likely N-dealkylation sites (N-methyl/N-ethyl adjacent to an activating group) is 1. The molecular formula is C16H26N2O2. The van der Waals surface area contributed by atoms with Crippen molar-refractivity contribution in [3.05, 3.63) is 35.9 Å². The van der Waals surface area contributed by atoms with Gasteiger partial charge >= 0.3 is 0 Å². The molecule has 1 aromatic carbocycles. The molecule has 2 rings (SSSR count). The number of ether oxygens (including phenoxy) is 2. The number of hydrogen-bond acceptors (Lipinski definition) is 4. The molecule has 1 saturated heterocycles. The molecule has 20 heavy (non-hydrogen) atoms. The highest BCUT2D eigenvalue weighted by Crippen LogP contribution is 2.25. The standard InChI is InChI=1S/C16H26N2O2/c1-12(16(17-2)13-8-6-5-7-9-13)18-10-14(19-3)15(11-18)20-4/h5-9,12,14-17H,10-11H2,1-4H3. The van der Waals surface area contributed by atoms with E-state index in [0.29, 0.717) is 12.1 Å². The van der Waals surface area contributed by atoms with Crippen LogP contribution in [0.4, 0.5) is 0 Å². The molecular weight excluding hydrogens is 252 g/mol. The van der Waals surface area contributed by atoms with E-state index in [2.05, 4.69) is 47.5 Å². The van der Waals surface area contributed by atoms with E-state index < -0.39 is 0 Å². The lowest BCUT2D eigenvalue weighted by Crippen LogP contribution is -2.41. The molecule has 0 bridgehead atoms. The van der Waals surface area contributed by atoms with Gasteiger partial charge in [-0.05, 0) is 19.5 Å². The minimum Gasteiger partial charge on any atom is -0.377 e. The van der Waals surface area contributed by atoms with E-state index in [-0.39, 0.29) is 12.2 Å². The van der Waals surface area contributed by atoms with E-state index >= 15 is 0 Å². The lowest BCUT2D eigenvalue weighted by atomic mass is 10.00. The van der Waals surface area contributed by atoms with E-state index in [1.807, 2.05) is 7.05 Å². The van der Waals surface area contributed by atoms with Gasteiger partial charge in [0.15, 0.2) is 0 Å². The number of rotatable bonds is 6. The summed E-state index contributed by atoms with van der Waals surface area (Å²) in [6, 6.07) is 11.3. The molecule has 1 heterocycles. The summed E-state index contributed by atoms with van der Waals surface area (Å²) in [5.74, 6) is 0. The second-order valence-electron chi connectivity index (χ2n) is 5.42. The third-order valence-corrected chi connectivity index (χ3v) is 4.38. The van der Waals surface area contributed by atoms with Gasteiger partial charge in [-0.1, -0.05) is 30.3 Å². The van der Waals surface area contributed by atoms with Crippen molar-refractivity contribution in [2.24, 2.45) is 0 Å². The molecule has 0 spiro atoms. The summed E-state index contributed by atoms with van der Waals surface area (Å²) in [5, 5.41) is 3.44. The van der Waals surface area contributed by atoms with Crippen LogP contribution in [-0.2, 0) is 9.47 Å². The van der Waals surface area contributed by atoms with Gasteiger partial charge in [0.2, 0.25) is 0 Å². The van der Waals surface area contributed by atoms with Gasteiger partial charge in [0.1, 0.15) is 0 Å². The van der Waals surface area contributed by atoms with Crippen molar-refractivity contribution in [2.75, 3.05) is 34.4 Å². The number of hydrogen-bond donors (Lipinski definition) is 1. The zero-order valence-corrected chi connectivity index (χ0v) is 12.9. The van der Waals surface area contributed by atoms with E-state index in [1.165, 1.54) is 5.56 Å². The molecule has 1 aliphatic rings. The Bertz CT molecular complexity index is 387. The SMILES string of the molecule is CNC(c1ccccc1)C(C)N1CC(OC)C(OC)C1. The molecule has 1 aliphatic heterocycles. The van der Waals surface area contributed by atoms with Crippen molar-refractivity contribution in [2.45, 2.75) is 31.2 Å². The zero-order chi connectivity index (χ0) is 14.5. The Kier molecular flexibility index (Phi) is 5.54. The number of nitrogens with zero attached hydrogens (tertiary/aromatic N) is 1. The largest absolute Gasteiger partial charge is 0.377 e. The molecule has 0 aliphatic carbocycles. The van der Waals surface area contributed by atoms with Crippen LogP contribution in [0.25, 0.3) is 0 Å². The van der Waals surface area contributed by atoms with Crippen molar-refractivity contribution < 1.29 is 9.47 Å². The summed E-state index contributed by atoms with van der Waals surface area (Å²) in [7, 11) is 5.54. The summed E-state index contributed by atoms with van der Waals surface area (Å²) in [4.78, 5) is 2.44. The van der Waals surface area contributed by atoms with Crippen molar-refractivity contribution in [1.29, 1.82) is 0 Å². The first-order valence-corrected chi connectivity index (χ1v) is 7.23. The minimum atomic E-state index is 0.163. The normalized spacial score (nSPS) is 26.6. The quantitative estimate of drug-likeness (QED) is 0.858. The van der Waals surface area contributed by atoms with Crippen LogP contribution in [-0.4, -0.2) is 57.5 Å². The first-order valence-electron chi connectivity index (χ1n) is 7.23. The number of methoxy groups -OCH3 is 2. The van der Waals surface area contributed by atoms with Gasteiger partial charge in [-0.25, -0.2) is 0 Å². The maximum absolute atomic E-state index is 5.53. The van der Waals surface area contributed by atoms with Crippen LogP contribution < -0.4 is 5.32 Å². The van der Waals surface area contributed by atoms with Gasteiger partial charge in [0, 0.05) is 39.4 Å². The summed E-state index contributed by atoms with van der Waals surface area (Å²) < 4.78 is 11.1. The van der Waals surface area contributed by atoms with Gasteiger partial charge in [0.25, 0.3) is 0 Å². The number of benzene rings is 1. The van der Waals surface area contributed by atoms with Crippen molar-refractivity contribution >= 4 is 0 Å². The van der Waals surface area contributed by atoms with Gasteiger partial charge in [-0.15, -0.1) is 0 Å². The molecule has 4 nitrogen and oxygen atoms in total. The third-order valence-electron chi connectivity index (χ3n) is 4.38. The zero-order valence-electron chi connectivity index (χ0n) is 12.9. The van der Waals surface area contributed by atoms with Crippen molar-refractivity contribution in [3.8, 4) is 0 Å². The van der Waals surface area contributed by atoms with Gasteiger partial charge in [0.05, 0.1) is 12.2 Å². The van der Waals surface area contributed by atoms with Crippen molar-refractivity contribution in [1.82, 2.24) is 10.2 Å². The molecule has 0 saturated carbocycles.